The lowest BCUT2D eigenvalue weighted by Gasteiger charge is -2.16. The molecule has 0 saturated carbocycles. The van der Waals surface area contributed by atoms with Crippen molar-refractivity contribution < 1.29 is 9.53 Å². The molecule has 0 amide bonds. The summed E-state index contributed by atoms with van der Waals surface area (Å²) in [6.45, 7) is 4.79. The number of carbonyl (C=O) groups excluding carboxylic acids is 1. The van der Waals surface area contributed by atoms with Crippen LogP contribution in [0.25, 0.3) is 0 Å². The molecule has 0 aliphatic rings. The molecule has 0 aromatic carbocycles. The van der Waals surface area contributed by atoms with Crippen LogP contribution in [0.5, 0.6) is 0 Å². The van der Waals surface area contributed by atoms with E-state index in [9.17, 15) is 4.79 Å². The number of esters is 1. The number of hydrogen-bond acceptors (Lipinski definition) is 4. The van der Waals surface area contributed by atoms with Crippen LogP contribution in [-0.4, -0.2) is 24.1 Å². The zero-order chi connectivity index (χ0) is 13.4. The number of aromatic nitrogens is 1. The van der Waals surface area contributed by atoms with Gasteiger partial charge in [-0.2, -0.15) is 0 Å². The number of nitrogens with zero attached hydrogens (tertiary/aromatic N) is 1. The fraction of sp³-hybridized carbons (Fsp3) is 0.571. The van der Waals surface area contributed by atoms with Gasteiger partial charge < -0.3 is 10.1 Å². The third-order valence-electron chi connectivity index (χ3n) is 3.01. The first-order chi connectivity index (χ1) is 8.69. The smallest absolute Gasteiger partial charge is 0.322 e. The van der Waals surface area contributed by atoms with E-state index in [1.165, 1.54) is 7.11 Å². The molecule has 0 radical (unpaired) electrons. The lowest BCUT2D eigenvalue weighted by molar-refractivity contribution is -0.143. The van der Waals surface area contributed by atoms with E-state index >= 15 is 0 Å². The van der Waals surface area contributed by atoms with Crippen molar-refractivity contribution in [2.24, 2.45) is 0 Å². The zero-order valence-corrected chi connectivity index (χ0v) is 11.4. The molecule has 1 unspecified atom stereocenters. The number of methoxy groups -OCH3 is 1. The summed E-state index contributed by atoms with van der Waals surface area (Å²) in [5.41, 5.74) is 2.29. The molecule has 0 aliphatic carbocycles. The van der Waals surface area contributed by atoms with Crippen molar-refractivity contribution in [3.05, 3.63) is 29.6 Å². The highest BCUT2D eigenvalue weighted by Gasteiger charge is 2.17. The topological polar surface area (TPSA) is 51.2 Å². The summed E-state index contributed by atoms with van der Waals surface area (Å²) in [7, 11) is 1.43. The second-order valence-electron chi connectivity index (χ2n) is 4.40. The molecule has 0 bridgehead atoms. The van der Waals surface area contributed by atoms with Crippen LogP contribution in [0.3, 0.4) is 0 Å². The molecule has 1 atom stereocenters. The molecule has 0 fully saturated rings. The summed E-state index contributed by atoms with van der Waals surface area (Å²) in [6.07, 6.45) is 6.50. The third-order valence-corrected chi connectivity index (χ3v) is 3.01. The van der Waals surface area contributed by atoms with Gasteiger partial charge in [-0.25, -0.2) is 0 Å². The average molecular weight is 250 g/mol. The Bertz CT molecular complexity index is 380. The van der Waals surface area contributed by atoms with Crippen molar-refractivity contribution in [2.75, 3.05) is 7.11 Å². The maximum atomic E-state index is 11.6. The molecule has 0 saturated heterocycles. The molecule has 18 heavy (non-hydrogen) atoms. The molecule has 100 valence electrons. The first-order valence-electron chi connectivity index (χ1n) is 6.39. The number of nitrogens with one attached hydrogen (secondary N) is 1. The third kappa shape index (κ3) is 4.45. The summed E-state index contributed by atoms with van der Waals surface area (Å²) in [5.74, 6) is -0.185. The van der Waals surface area contributed by atoms with Gasteiger partial charge in [-0.1, -0.05) is 19.8 Å². The van der Waals surface area contributed by atoms with Crippen LogP contribution in [0.4, 0.5) is 0 Å². The van der Waals surface area contributed by atoms with Crippen LogP contribution in [0, 0.1) is 6.92 Å². The van der Waals surface area contributed by atoms with E-state index in [4.69, 9.17) is 4.74 Å². The van der Waals surface area contributed by atoms with E-state index in [1.54, 1.807) is 6.20 Å². The molecule has 4 nitrogen and oxygen atoms in total. The van der Waals surface area contributed by atoms with Crippen LogP contribution in [0.2, 0.25) is 0 Å². The van der Waals surface area contributed by atoms with E-state index < -0.39 is 0 Å². The molecular weight excluding hydrogens is 228 g/mol. The Morgan fingerprint density at radius 1 is 1.56 bits per heavy atom. The van der Waals surface area contributed by atoms with Crippen LogP contribution in [0.15, 0.2) is 18.5 Å². The largest absolute Gasteiger partial charge is 0.468 e. The summed E-state index contributed by atoms with van der Waals surface area (Å²) in [6, 6.07) is 1.75. The van der Waals surface area contributed by atoms with Crippen LogP contribution in [-0.2, 0) is 16.1 Å². The highest BCUT2D eigenvalue weighted by Crippen LogP contribution is 2.07. The van der Waals surface area contributed by atoms with Crippen molar-refractivity contribution >= 4 is 5.97 Å². The predicted octanol–water partition coefficient (Wildman–Crippen LogP) is 2.21. The van der Waals surface area contributed by atoms with E-state index in [2.05, 4.69) is 17.2 Å². The van der Waals surface area contributed by atoms with Gasteiger partial charge in [-0.05, 0) is 30.5 Å². The van der Waals surface area contributed by atoms with E-state index in [0.717, 1.165) is 30.4 Å². The Kier molecular flexibility index (Phi) is 6.36. The Hall–Kier alpha value is -1.42. The van der Waals surface area contributed by atoms with Gasteiger partial charge in [0.05, 0.1) is 7.11 Å². The number of carbonyl (C=O) groups is 1. The number of pyridine rings is 1. The Morgan fingerprint density at radius 2 is 2.33 bits per heavy atom. The molecule has 1 aromatic rings. The Morgan fingerprint density at radius 3 is 2.94 bits per heavy atom. The number of aryl methyl sites for hydroxylation is 1. The Labute approximate surface area is 109 Å². The summed E-state index contributed by atoms with van der Waals surface area (Å²) in [5, 5.41) is 3.26. The van der Waals surface area contributed by atoms with Gasteiger partial charge in [0.25, 0.3) is 0 Å². The lowest BCUT2D eigenvalue weighted by Crippen LogP contribution is -2.37. The molecule has 1 heterocycles. The number of hydrogen-bond donors (Lipinski definition) is 1. The monoisotopic (exact) mass is 250 g/mol. The van der Waals surface area contributed by atoms with Gasteiger partial charge in [-0.15, -0.1) is 0 Å². The van der Waals surface area contributed by atoms with Gasteiger partial charge in [-0.3, -0.25) is 9.78 Å². The van der Waals surface area contributed by atoms with Gasteiger partial charge in [0.2, 0.25) is 0 Å². The van der Waals surface area contributed by atoms with Gasteiger partial charge in [0.15, 0.2) is 0 Å². The molecule has 4 heteroatoms. The summed E-state index contributed by atoms with van der Waals surface area (Å²) >= 11 is 0. The minimum absolute atomic E-state index is 0.185. The van der Waals surface area contributed by atoms with Crippen molar-refractivity contribution in [3.8, 4) is 0 Å². The molecule has 0 aliphatic heterocycles. The van der Waals surface area contributed by atoms with Crippen LogP contribution in [0.1, 0.15) is 37.3 Å². The fourth-order valence-corrected chi connectivity index (χ4v) is 1.79. The van der Waals surface area contributed by atoms with E-state index in [1.807, 2.05) is 19.2 Å². The average Bonchev–Trinajstić information content (AvgIpc) is 2.40. The minimum Gasteiger partial charge on any atom is -0.468 e. The standard InChI is InChI=1S/C14H22N2O2/c1-4-5-6-13(14(17)18-3)16-10-12-7-8-15-9-11(12)2/h7-9,13,16H,4-6,10H2,1-3H3. The van der Waals surface area contributed by atoms with Crippen LogP contribution >= 0.6 is 0 Å². The van der Waals surface area contributed by atoms with Crippen LogP contribution < -0.4 is 5.32 Å². The highest BCUT2D eigenvalue weighted by atomic mass is 16.5. The highest BCUT2D eigenvalue weighted by molar-refractivity contribution is 5.75. The van der Waals surface area contributed by atoms with Crippen molar-refractivity contribution in [2.45, 2.75) is 45.7 Å². The molecule has 1 rings (SSSR count). The predicted molar refractivity (Wildman–Crippen MR) is 71.1 cm³/mol. The first-order valence-corrected chi connectivity index (χ1v) is 6.39. The molecule has 0 spiro atoms. The van der Waals surface area contributed by atoms with Crippen molar-refractivity contribution in [1.82, 2.24) is 10.3 Å². The molecule has 1 aromatic heterocycles. The maximum Gasteiger partial charge on any atom is 0.322 e. The second kappa shape index (κ2) is 7.82. The van der Waals surface area contributed by atoms with Gasteiger partial charge in [0, 0.05) is 18.9 Å². The molecular formula is C14H22N2O2. The normalized spacial score (nSPS) is 12.2. The van der Waals surface area contributed by atoms with Crippen molar-refractivity contribution in [1.29, 1.82) is 0 Å². The quantitative estimate of drug-likeness (QED) is 0.754. The minimum atomic E-state index is -0.220. The number of rotatable bonds is 7. The summed E-state index contributed by atoms with van der Waals surface area (Å²) in [4.78, 5) is 15.7. The fourth-order valence-electron chi connectivity index (χ4n) is 1.79. The zero-order valence-electron chi connectivity index (χ0n) is 11.4. The summed E-state index contributed by atoms with van der Waals surface area (Å²) < 4.78 is 4.81. The van der Waals surface area contributed by atoms with E-state index in [-0.39, 0.29) is 12.0 Å². The lowest BCUT2D eigenvalue weighted by atomic mass is 10.1. The Balaban J connectivity index is 2.56. The first kappa shape index (κ1) is 14.6. The number of ether oxygens (including phenoxy) is 1. The second-order valence-corrected chi connectivity index (χ2v) is 4.40. The SMILES string of the molecule is CCCCC(NCc1ccncc1C)C(=O)OC. The van der Waals surface area contributed by atoms with Gasteiger partial charge in [0.1, 0.15) is 6.04 Å². The van der Waals surface area contributed by atoms with Crippen molar-refractivity contribution in [3.63, 3.8) is 0 Å². The van der Waals surface area contributed by atoms with E-state index in [0.29, 0.717) is 6.54 Å². The molecule has 1 N–H and O–H groups in total. The van der Waals surface area contributed by atoms with Gasteiger partial charge >= 0.3 is 5.97 Å². The number of unbranched alkanes of at least 4 members (excludes halogenated alkanes) is 1. The maximum absolute atomic E-state index is 11.6.